The van der Waals surface area contributed by atoms with E-state index in [9.17, 15) is 5.11 Å². The van der Waals surface area contributed by atoms with E-state index in [1.54, 1.807) is 6.07 Å². The Morgan fingerprint density at radius 2 is 1.88 bits per heavy atom. The van der Waals surface area contributed by atoms with E-state index in [1.807, 2.05) is 12.1 Å². The molecule has 3 rings (SSSR count). The van der Waals surface area contributed by atoms with Crippen LogP contribution in [0.2, 0.25) is 0 Å². The Hall–Kier alpha value is -1.65. The summed E-state index contributed by atoms with van der Waals surface area (Å²) in [6.45, 7) is 6.42. The highest BCUT2D eigenvalue weighted by Gasteiger charge is 2.28. The maximum atomic E-state index is 10.3. The standard InChI is InChI=1S/C20H23BrN2O/c1-12(2)20-22-17(14-6-4-13(3)5-7-14)11-18(23-20)16-10-15(21)8-9-19(16)24/h4-10,12,18,20,23-24H,11H2,1-3H3/t18-,20-/m1/s1. The van der Waals surface area contributed by atoms with Gasteiger partial charge in [0.1, 0.15) is 11.9 Å². The van der Waals surface area contributed by atoms with Crippen LogP contribution in [0.1, 0.15) is 43.0 Å². The highest BCUT2D eigenvalue weighted by molar-refractivity contribution is 9.10. The van der Waals surface area contributed by atoms with Crippen LogP contribution >= 0.6 is 15.9 Å². The summed E-state index contributed by atoms with van der Waals surface area (Å²) in [5.41, 5.74) is 4.41. The van der Waals surface area contributed by atoms with Crippen LogP contribution in [0.15, 0.2) is 51.9 Å². The second-order valence-electron chi connectivity index (χ2n) is 6.76. The molecule has 0 amide bonds. The zero-order valence-corrected chi connectivity index (χ0v) is 15.8. The number of rotatable bonds is 3. The number of aromatic hydroxyl groups is 1. The van der Waals surface area contributed by atoms with E-state index in [4.69, 9.17) is 4.99 Å². The molecule has 0 saturated carbocycles. The number of nitrogens with one attached hydrogen (secondary N) is 1. The predicted octanol–water partition coefficient (Wildman–Crippen LogP) is 4.97. The van der Waals surface area contributed by atoms with Crippen molar-refractivity contribution in [1.82, 2.24) is 5.32 Å². The number of benzene rings is 2. The van der Waals surface area contributed by atoms with Gasteiger partial charge in [-0.2, -0.15) is 0 Å². The van der Waals surface area contributed by atoms with Crippen molar-refractivity contribution in [3.63, 3.8) is 0 Å². The van der Waals surface area contributed by atoms with Gasteiger partial charge >= 0.3 is 0 Å². The van der Waals surface area contributed by atoms with Gasteiger partial charge in [0, 0.05) is 28.2 Å². The monoisotopic (exact) mass is 386 g/mol. The number of hydrogen-bond donors (Lipinski definition) is 2. The summed E-state index contributed by atoms with van der Waals surface area (Å²) in [4.78, 5) is 4.92. The van der Waals surface area contributed by atoms with Crippen molar-refractivity contribution in [1.29, 1.82) is 0 Å². The van der Waals surface area contributed by atoms with Crippen LogP contribution in [0.3, 0.4) is 0 Å². The summed E-state index contributed by atoms with van der Waals surface area (Å²) in [7, 11) is 0. The van der Waals surface area contributed by atoms with Crippen molar-refractivity contribution in [3.8, 4) is 5.75 Å². The van der Waals surface area contributed by atoms with Gasteiger partial charge in [-0.05, 0) is 36.6 Å². The van der Waals surface area contributed by atoms with Gasteiger partial charge in [-0.25, -0.2) is 0 Å². The Morgan fingerprint density at radius 3 is 2.54 bits per heavy atom. The van der Waals surface area contributed by atoms with Crippen molar-refractivity contribution in [3.05, 3.63) is 63.6 Å². The van der Waals surface area contributed by atoms with Gasteiger partial charge in [0.2, 0.25) is 0 Å². The molecule has 0 bridgehead atoms. The molecule has 24 heavy (non-hydrogen) atoms. The molecule has 1 aliphatic rings. The molecule has 0 saturated heterocycles. The van der Waals surface area contributed by atoms with Gasteiger partial charge in [-0.1, -0.05) is 59.6 Å². The second kappa shape index (κ2) is 7.08. The third kappa shape index (κ3) is 3.70. The number of aliphatic imine (C=N–C) groups is 1. The van der Waals surface area contributed by atoms with Crippen LogP contribution in [0, 0.1) is 12.8 Å². The highest BCUT2D eigenvalue weighted by Crippen LogP contribution is 2.33. The molecular formula is C20H23BrN2O. The first-order valence-corrected chi connectivity index (χ1v) is 9.11. The Bertz CT molecular complexity index is 753. The second-order valence-corrected chi connectivity index (χ2v) is 7.67. The van der Waals surface area contributed by atoms with Crippen LogP contribution in [0.5, 0.6) is 5.75 Å². The van der Waals surface area contributed by atoms with Crippen LogP contribution in [0.25, 0.3) is 0 Å². The Labute approximate surface area is 152 Å². The fraction of sp³-hybridized carbons (Fsp3) is 0.350. The summed E-state index contributed by atoms with van der Waals surface area (Å²) in [5.74, 6) is 0.700. The average molecular weight is 387 g/mol. The largest absolute Gasteiger partial charge is 0.508 e. The maximum absolute atomic E-state index is 10.3. The summed E-state index contributed by atoms with van der Waals surface area (Å²) >= 11 is 3.51. The number of hydrogen-bond acceptors (Lipinski definition) is 3. The minimum Gasteiger partial charge on any atom is -0.508 e. The molecule has 126 valence electrons. The van der Waals surface area contributed by atoms with Gasteiger partial charge < -0.3 is 5.11 Å². The summed E-state index contributed by atoms with van der Waals surface area (Å²) in [5, 5.41) is 13.9. The van der Waals surface area contributed by atoms with E-state index in [1.165, 1.54) is 5.56 Å². The smallest absolute Gasteiger partial charge is 0.120 e. The van der Waals surface area contributed by atoms with Crippen molar-refractivity contribution in [2.75, 3.05) is 0 Å². The van der Waals surface area contributed by atoms with Gasteiger partial charge in [-0.15, -0.1) is 0 Å². The molecule has 0 fully saturated rings. The number of halogens is 1. The molecule has 2 aromatic carbocycles. The quantitative estimate of drug-likeness (QED) is 0.781. The minimum atomic E-state index is 0.0402. The lowest BCUT2D eigenvalue weighted by molar-refractivity contribution is 0.345. The first-order valence-electron chi connectivity index (χ1n) is 8.32. The molecule has 0 unspecified atom stereocenters. The van der Waals surface area contributed by atoms with Gasteiger partial charge in [0.15, 0.2) is 0 Å². The third-order valence-electron chi connectivity index (χ3n) is 4.45. The summed E-state index contributed by atoms with van der Waals surface area (Å²) in [6.07, 6.45) is 0.800. The SMILES string of the molecule is Cc1ccc(C2=N[C@@H](C(C)C)N[C@@H](c3cc(Br)ccc3O)C2)cc1. The van der Waals surface area contributed by atoms with E-state index in [0.29, 0.717) is 11.7 Å². The van der Waals surface area contributed by atoms with E-state index in [-0.39, 0.29) is 12.2 Å². The van der Waals surface area contributed by atoms with E-state index in [0.717, 1.165) is 27.7 Å². The van der Waals surface area contributed by atoms with E-state index in [2.05, 4.69) is 66.3 Å². The molecule has 1 aliphatic heterocycles. The molecule has 2 N–H and O–H groups in total. The maximum Gasteiger partial charge on any atom is 0.120 e. The number of nitrogens with zero attached hydrogens (tertiary/aromatic N) is 1. The fourth-order valence-corrected chi connectivity index (χ4v) is 3.38. The van der Waals surface area contributed by atoms with Gasteiger partial charge in [0.25, 0.3) is 0 Å². The molecule has 2 atom stereocenters. The molecule has 3 nitrogen and oxygen atoms in total. The molecule has 0 radical (unpaired) electrons. The minimum absolute atomic E-state index is 0.0402. The Kier molecular flexibility index (Phi) is 5.07. The molecule has 0 aromatic heterocycles. The predicted molar refractivity (Wildman–Crippen MR) is 103 cm³/mol. The lowest BCUT2D eigenvalue weighted by Gasteiger charge is -2.32. The van der Waals surface area contributed by atoms with E-state index >= 15 is 0 Å². The molecule has 0 spiro atoms. The third-order valence-corrected chi connectivity index (χ3v) is 4.94. The molecule has 2 aromatic rings. The lowest BCUT2D eigenvalue weighted by Crippen LogP contribution is -2.41. The summed E-state index contributed by atoms with van der Waals surface area (Å²) in [6, 6.07) is 14.1. The normalized spacial score (nSPS) is 21.0. The molecule has 0 aliphatic carbocycles. The van der Waals surface area contributed by atoms with Crippen LogP contribution < -0.4 is 5.32 Å². The van der Waals surface area contributed by atoms with Crippen molar-refractivity contribution in [2.24, 2.45) is 10.9 Å². The number of aryl methyl sites for hydroxylation is 1. The number of phenolic OH excluding ortho intramolecular Hbond substituents is 1. The highest BCUT2D eigenvalue weighted by atomic mass is 79.9. The van der Waals surface area contributed by atoms with Gasteiger partial charge in [-0.3, -0.25) is 10.3 Å². The topological polar surface area (TPSA) is 44.6 Å². The first-order chi connectivity index (χ1) is 11.4. The molecule has 1 heterocycles. The van der Waals surface area contributed by atoms with E-state index < -0.39 is 0 Å². The van der Waals surface area contributed by atoms with Gasteiger partial charge in [0.05, 0.1) is 0 Å². The number of phenols is 1. The van der Waals surface area contributed by atoms with Crippen LogP contribution in [-0.2, 0) is 0 Å². The van der Waals surface area contributed by atoms with Crippen molar-refractivity contribution in [2.45, 2.75) is 39.4 Å². The zero-order chi connectivity index (χ0) is 17.3. The van der Waals surface area contributed by atoms with Crippen molar-refractivity contribution < 1.29 is 5.11 Å². The van der Waals surface area contributed by atoms with Crippen LogP contribution in [-0.4, -0.2) is 17.0 Å². The molecule has 4 heteroatoms. The van der Waals surface area contributed by atoms with Crippen molar-refractivity contribution >= 4 is 21.6 Å². The zero-order valence-electron chi connectivity index (χ0n) is 14.3. The lowest BCUT2D eigenvalue weighted by atomic mass is 9.93. The fourth-order valence-electron chi connectivity index (χ4n) is 3.00. The molecular weight excluding hydrogens is 364 g/mol. The summed E-state index contributed by atoms with van der Waals surface area (Å²) < 4.78 is 0.970. The Balaban J connectivity index is 1.97. The Morgan fingerprint density at radius 1 is 1.17 bits per heavy atom. The van der Waals surface area contributed by atoms with Crippen LogP contribution in [0.4, 0.5) is 0 Å². The first kappa shape index (κ1) is 17.2. The average Bonchev–Trinajstić information content (AvgIpc) is 2.57.